The van der Waals surface area contributed by atoms with Gasteiger partial charge in [-0.3, -0.25) is 4.79 Å². The summed E-state index contributed by atoms with van der Waals surface area (Å²) in [5.74, 6) is -0.117. The molecule has 0 aliphatic rings. The fraction of sp³-hybridized carbons (Fsp3) is 0.231. The van der Waals surface area contributed by atoms with Gasteiger partial charge in [0.05, 0.1) is 6.54 Å². The molecule has 100 valence electrons. The van der Waals surface area contributed by atoms with Crippen LogP contribution in [0.25, 0.3) is 0 Å². The molecule has 19 heavy (non-hydrogen) atoms. The number of rotatable bonds is 5. The Kier molecular flexibility index (Phi) is 4.90. The van der Waals surface area contributed by atoms with Gasteiger partial charge in [0, 0.05) is 22.6 Å². The second kappa shape index (κ2) is 6.65. The quantitative estimate of drug-likeness (QED) is 0.891. The van der Waals surface area contributed by atoms with E-state index < -0.39 is 0 Å². The number of aromatic nitrogens is 1. The third-order valence-corrected chi connectivity index (χ3v) is 3.65. The Bertz CT molecular complexity index is 545. The molecule has 4 nitrogen and oxygen atoms in total. The van der Waals surface area contributed by atoms with Crippen molar-refractivity contribution in [2.24, 2.45) is 0 Å². The highest BCUT2D eigenvalue weighted by Gasteiger charge is 2.10. The lowest BCUT2D eigenvalue weighted by Gasteiger charge is -2.15. The van der Waals surface area contributed by atoms with E-state index in [1.807, 2.05) is 36.6 Å². The van der Waals surface area contributed by atoms with Gasteiger partial charge in [0.2, 0.25) is 5.91 Å². The maximum atomic E-state index is 11.7. The summed E-state index contributed by atoms with van der Waals surface area (Å²) in [6, 6.07) is 7.60. The second-order valence-corrected chi connectivity index (χ2v) is 5.31. The van der Waals surface area contributed by atoms with Crippen LogP contribution >= 0.6 is 22.9 Å². The minimum absolute atomic E-state index is 0.00995. The van der Waals surface area contributed by atoms with Gasteiger partial charge in [-0.05, 0) is 18.6 Å². The van der Waals surface area contributed by atoms with Crippen LogP contribution in [0.1, 0.15) is 18.5 Å². The predicted molar refractivity (Wildman–Crippen MR) is 78.6 cm³/mol. The van der Waals surface area contributed by atoms with E-state index >= 15 is 0 Å². The number of thiazole rings is 1. The molecular weight excluding hydrogens is 282 g/mol. The normalized spacial score (nSPS) is 12.1. The fourth-order valence-electron chi connectivity index (χ4n) is 1.63. The summed E-state index contributed by atoms with van der Waals surface area (Å²) >= 11 is 7.49. The number of nitrogens with zero attached hydrogens (tertiary/aromatic N) is 1. The number of nitrogens with one attached hydrogen (secondary N) is 2. The van der Waals surface area contributed by atoms with Crippen LogP contribution < -0.4 is 10.6 Å². The minimum Gasteiger partial charge on any atom is -0.302 e. The van der Waals surface area contributed by atoms with Crippen LogP contribution in [0.2, 0.25) is 5.02 Å². The molecule has 0 saturated heterocycles. The van der Waals surface area contributed by atoms with Crippen LogP contribution in [0.3, 0.4) is 0 Å². The number of benzene rings is 1. The van der Waals surface area contributed by atoms with Crippen molar-refractivity contribution in [3.05, 3.63) is 46.4 Å². The molecule has 0 fully saturated rings. The number of carbonyl (C=O) groups excluding carboxylic acids is 1. The van der Waals surface area contributed by atoms with Crippen LogP contribution in [0, 0.1) is 0 Å². The molecular formula is C13H14ClN3OS. The Labute approximate surface area is 120 Å². The molecule has 2 rings (SSSR count). The first-order valence-corrected chi connectivity index (χ1v) is 7.09. The van der Waals surface area contributed by atoms with Crippen molar-refractivity contribution in [2.45, 2.75) is 13.0 Å². The molecule has 1 aromatic heterocycles. The first-order chi connectivity index (χ1) is 9.16. The summed E-state index contributed by atoms with van der Waals surface area (Å²) in [5.41, 5.74) is 0.978. The van der Waals surface area contributed by atoms with Gasteiger partial charge in [-0.25, -0.2) is 4.98 Å². The second-order valence-electron chi connectivity index (χ2n) is 4.01. The van der Waals surface area contributed by atoms with Gasteiger partial charge >= 0.3 is 0 Å². The maximum Gasteiger partial charge on any atom is 0.240 e. The Morgan fingerprint density at radius 1 is 1.47 bits per heavy atom. The van der Waals surface area contributed by atoms with Crippen molar-refractivity contribution in [3.63, 3.8) is 0 Å². The molecule has 1 heterocycles. The third kappa shape index (κ3) is 4.02. The van der Waals surface area contributed by atoms with E-state index in [0.29, 0.717) is 10.2 Å². The SMILES string of the molecule is C[C@@H](NCC(=O)Nc1nccs1)c1ccccc1Cl. The number of carbonyl (C=O) groups is 1. The Hall–Kier alpha value is -1.43. The molecule has 0 aliphatic heterocycles. The molecule has 0 spiro atoms. The summed E-state index contributed by atoms with van der Waals surface area (Å²) in [5, 5.41) is 8.97. The Morgan fingerprint density at radius 3 is 2.95 bits per heavy atom. The van der Waals surface area contributed by atoms with Gasteiger partial charge in [0.1, 0.15) is 0 Å². The van der Waals surface area contributed by atoms with Crippen molar-refractivity contribution in [1.29, 1.82) is 0 Å². The summed E-state index contributed by atoms with van der Waals surface area (Å²) in [4.78, 5) is 15.7. The highest BCUT2D eigenvalue weighted by Crippen LogP contribution is 2.21. The number of hydrogen-bond acceptors (Lipinski definition) is 4. The van der Waals surface area contributed by atoms with Crippen molar-refractivity contribution in [2.75, 3.05) is 11.9 Å². The molecule has 6 heteroatoms. The molecule has 1 aromatic carbocycles. The van der Waals surface area contributed by atoms with Crippen LogP contribution in [-0.4, -0.2) is 17.4 Å². The number of anilines is 1. The molecule has 0 saturated carbocycles. The third-order valence-electron chi connectivity index (χ3n) is 2.62. The largest absolute Gasteiger partial charge is 0.302 e. The zero-order chi connectivity index (χ0) is 13.7. The lowest BCUT2D eigenvalue weighted by molar-refractivity contribution is -0.115. The highest BCUT2D eigenvalue weighted by molar-refractivity contribution is 7.13. The first kappa shape index (κ1) is 14.0. The van der Waals surface area contributed by atoms with Crippen LogP contribution in [0.5, 0.6) is 0 Å². The van der Waals surface area contributed by atoms with E-state index in [2.05, 4.69) is 15.6 Å². The van der Waals surface area contributed by atoms with Crippen molar-refractivity contribution < 1.29 is 4.79 Å². The monoisotopic (exact) mass is 295 g/mol. The summed E-state index contributed by atoms with van der Waals surface area (Å²) in [6.07, 6.45) is 1.65. The molecule has 0 bridgehead atoms. The standard InChI is InChI=1S/C13H14ClN3OS/c1-9(10-4-2-3-5-11(10)14)16-8-12(18)17-13-15-6-7-19-13/h2-7,9,16H,8H2,1H3,(H,15,17,18)/t9-/m1/s1. The minimum atomic E-state index is -0.117. The number of hydrogen-bond donors (Lipinski definition) is 2. The smallest absolute Gasteiger partial charge is 0.240 e. The Balaban J connectivity index is 1.85. The Morgan fingerprint density at radius 2 is 2.26 bits per heavy atom. The van der Waals surface area contributed by atoms with E-state index in [9.17, 15) is 4.79 Å². The van der Waals surface area contributed by atoms with E-state index in [0.717, 1.165) is 5.56 Å². The summed E-state index contributed by atoms with van der Waals surface area (Å²) in [7, 11) is 0. The first-order valence-electron chi connectivity index (χ1n) is 5.84. The van der Waals surface area contributed by atoms with E-state index in [1.54, 1.807) is 6.20 Å². The highest BCUT2D eigenvalue weighted by atomic mass is 35.5. The molecule has 1 atom stereocenters. The van der Waals surface area contributed by atoms with Crippen molar-refractivity contribution in [3.8, 4) is 0 Å². The van der Waals surface area contributed by atoms with E-state index in [4.69, 9.17) is 11.6 Å². The molecule has 0 radical (unpaired) electrons. The molecule has 1 amide bonds. The summed E-state index contributed by atoms with van der Waals surface area (Å²) < 4.78 is 0. The molecule has 2 aromatic rings. The fourth-order valence-corrected chi connectivity index (χ4v) is 2.48. The zero-order valence-corrected chi connectivity index (χ0v) is 12.0. The van der Waals surface area contributed by atoms with Crippen molar-refractivity contribution >= 4 is 34.0 Å². The van der Waals surface area contributed by atoms with E-state index in [1.165, 1.54) is 11.3 Å². The lowest BCUT2D eigenvalue weighted by Crippen LogP contribution is -2.30. The van der Waals surface area contributed by atoms with Crippen LogP contribution in [-0.2, 0) is 4.79 Å². The van der Waals surface area contributed by atoms with Crippen molar-refractivity contribution in [1.82, 2.24) is 10.3 Å². The van der Waals surface area contributed by atoms with Gasteiger partial charge in [0.25, 0.3) is 0 Å². The molecule has 0 unspecified atom stereocenters. The summed E-state index contributed by atoms with van der Waals surface area (Å²) in [6.45, 7) is 2.18. The number of amides is 1. The lowest BCUT2D eigenvalue weighted by atomic mass is 10.1. The van der Waals surface area contributed by atoms with Gasteiger partial charge in [0.15, 0.2) is 5.13 Å². The number of halogens is 1. The average molecular weight is 296 g/mol. The topological polar surface area (TPSA) is 54.0 Å². The molecule has 0 aliphatic carbocycles. The van der Waals surface area contributed by atoms with Gasteiger partial charge in [-0.1, -0.05) is 29.8 Å². The average Bonchev–Trinajstić information content (AvgIpc) is 2.89. The van der Waals surface area contributed by atoms with Gasteiger partial charge in [-0.2, -0.15) is 0 Å². The van der Waals surface area contributed by atoms with Gasteiger partial charge < -0.3 is 10.6 Å². The predicted octanol–water partition coefficient (Wildman–Crippen LogP) is 3.09. The zero-order valence-electron chi connectivity index (χ0n) is 10.4. The maximum absolute atomic E-state index is 11.7. The molecule has 2 N–H and O–H groups in total. The van der Waals surface area contributed by atoms with Crippen LogP contribution in [0.4, 0.5) is 5.13 Å². The van der Waals surface area contributed by atoms with Gasteiger partial charge in [-0.15, -0.1) is 11.3 Å². The van der Waals surface area contributed by atoms with E-state index in [-0.39, 0.29) is 18.5 Å². The van der Waals surface area contributed by atoms with Crippen LogP contribution in [0.15, 0.2) is 35.8 Å².